The maximum atomic E-state index is 11.3. The SMILES string of the molecule is COC(=O)c1cc(CO)ccc1SC. The number of carbonyl (C=O) groups is 1. The maximum Gasteiger partial charge on any atom is 0.339 e. The van der Waals surface area contributed by atoms with Gasteiger partial charge in [0.25, 0.3) is 0 Å². The highest BCUT2D eigenvalue weighted by atomic mass is 32.2. The fourth-order valence-electron chi connectivity index (χ4n) is 1.12. The summed E-state index contributed by atoms with van der Waals surface area (Å²) in [5, 5.41) is 8.92. The predicted molar refractivity (Wildman–Crippen MR) is 55.5 cm³/mol. The van der Waals surface area contributed by atoms with Crippen LogP contribution in [0.1, 0.15) is 15.9 Å². The highest BCUT2D eigenvalue weighted by molar-refractivity contribution is 7.98. The van der Waals surface area contributed by atoms with Crippen LogP contribution in [0.25, 0.3) is 0 Å². The van der Waals surface area contributed by atoms with Crippen LogP contribution in [0.3, 0.4) is 0 Å². The Hall–Kier alpha value is -1.00. The largest absolute Gasteiger partial charge is 0.465 e. The Morgan fingerprint density at radius 2 is 2.29 bits per heavy atom. The molecule has 14 heavy (non-hydrogen) atoms. The van der Waals surface area contributed by atoms with Crippen molar-refractivity contribution in [2.45, 2.75) is 11.5 Å². The van der Waals surface area contributed by atoms with Crippen molar-refractivity contribution in [3.63, 3.8) is 0 Å². The minimum atomic E-state index is -0.371. The molecule has 0 heterocycles. The number of benzene rings is 1. The zero-order chi connectivity index (χ0) is 10.6. The van der Waals surface area contributed by atoms with E-state index in [2.05, 4.69) is 4.74 Å². The lowest BCUT2D eigenvalue weighted by molar-refractivity contribution is 0.0596. The van der Waals surface area contributed by atoms with E-state index < -0.39 is 0 Å². The van der Waals surface area contributed by atoms with Gasteiger partial charge in [0, 0.05) is 4.90 Å². The van der Waals surface area contributed by atoms with E-state index in [-0.39, 0.29) is 12.6 Å². The van der Waals surface area contributed by atoms with Crippen LogP contribution in [-0.2, 0) is 11.3 Å². The Morgan fingerprint density at radius 3 is 2.79 bits per heavy atom. The van der Waals surface area contributed by atoms with E-state index in [4.69, 9.17) is 5.11 Å². The molecule has 0 bridgehead atoms. The number of esters is 1. The highest BCUT2D eigenvalue weighted by Gasteiger charge is 2.11. The second-order valence-electron chi connectivity index (χ2n) is 2.68. The molecular formula is C10H12O3S. The van der Waals surface area contributed by atoms with Crippen LogP contribution < -0.4 is 0 Å². The minimum Gasteiger partial charge on any atom is -0.465 e. The van der Waals surface area contributed by atoms with Crippen molar-refractivity contribution in [1.82, 2.24) is 0 Å². The van der Waals surface area contributed by atoms with Crippen molar-refractivity contribution >= 4 is 17.7 Å². The lowest BCUT2D eigenvalue weighted by atomic mass is 10.1. The van der Waals surface area contributed by atoms with Gasteiger partial charge in [-0.2, -0.15) is 0 Å². The molecule has 0 amide bonds. The molecule has 1 N–H and O–H groups in total. The molecule has 0 fully saturated rings. The molecule has 0 atom stereocenters. The molecule has 0 saturated heterocycles. The number of aliphatic hydroxyl groups excluding tert-OH is 1. The van der Waals surface area contributed by atoms with E-state index in [0.29, 0.717) is 11.1 Å². The van der Waals surface area contributed by atoms with E-state index >= 15 is 0 Å². The van der Waals surface area contributed by atoms with Crippen molar-refractivity contribution in [2.24, 2.45) is 0 Å². The lowest BCUT2D eigenvalue weighted by Gasteiger charge is -2.06. The van der Waals surface area contributed by atoms with E-state index in [1.165, 1.54) is 18.9 Å². The van der Waals surface area contributed by atoms with E-state index in [1.807, 2.05) is 12.3 Å². The first-order chi connectivity index (χ1) is 6.72. The van der Waals surface area contributed by atoms with Crippen LogP contribution in [0, 0.1) is 0 Å². The van der Waals surface area contributed by atoms with E-state index in [0.717, 1.165) is 4.90 Å². The second-order valence-corrected chi connectivity index (χ2v) is 3.53. The molecule has 0 saturated carbocycles. The summed E-state index contributed by atoms with van der Waals surface area (Å²) in [5.74, 6) is -0.371. The topological polar surface area (TPSA) is 46.5 Å². The second kappa shape index (κ2) is 5.02. The smallest absolute Gasteiger partial charge is 0.339 e. The van der Waals surface area contributed by atoms with Crippen LogP contribution >= 0.6 is 11.8 Å². The Morgan fingerprint density at radius 1 is 1.57 bits per heavy atom. The fraction of sp³-hybridized carbons (Fsp3) is 0.300. The number of carbonyl (C=O) groups excluding carboxylic acids is 1. The maximum absolute atomic E-state index is 11.3. The highest BCUT2D eigenvalue weighted by Crippen LogP contribution is 2.22. The third kappa shape index (κ3) is 2.27. The summed E-state index contributed by atoms with van der Waals surface area (Å²) in [6.07, 6.45) is 1.89. The lowest BCUT2D eigenvalue weighted by Crippen LogP contribution is -2.04. The fourth-order valence-corrected chi connectivity index (χ4v) is 1.69. The molecular weight excluding hydrogens is 200 g/mol. The molecule has 1 rings (SSSR count). The molecule has 0 aliphatic carbocycles. The van der Waals surface area contributed by atoms with Gasteiger partial charge in [0.2, 0.25) is 0 Å². The van der Waals surface area contributed by atoms with Crippen LogP contribution in [0.5, 0.6) is 0 Å². The summed E-state index contributed by atoms with van der Waals surface area (Å²) in [6.45, 7) is -0.0708. The van der Waals surface area contributed by atoms with Gasteiger partial charge in [-0.1, -0.05) is 6.07 Å². The molecule has 1 aromatic carbocycles. The van der Waals surface area contributed by atoms with Gasteiger partial charge in [-0.05, 0) is 24.0 Å². The van der Waals surface area contributed by atoms with Crippen LogP contribution in [0.15, 0.2) is 23.1 Å². The monoisotopic (exact) mass is 212 g/mol. The average molecular weight is 212 g/mol. The molecule has 0 unspecified atom stereocenters. The summed E-state index contributed by atoms with van der Waals surface area (Å²) in [5.41, 5.74) is 1.22. The number of methoxy groups -OCH3 is 1. The van der Waals surface area contributed by atoms with E-state index in [1.54, 1.807) is 12.1 Å². The van der Waals surface area contributed by atoms with Gasteiger partial charge in [-0.15, -0.1) is 11.8 Å². The van der Waals surface area contributed by atoms with Gasteiger partial charge in [-0.25, -0.2) is 4.79 Å². The van der Waals surface area contributed by atoms with Crippen molar-refractivity contribution in [3.8, 4) is 0 Å². The van der Waals surface area contributed by atoms with E-state index in [9.17, 15) is 4.79 Å². The van der Waals surface area contributed by atoms with Crippen molar-refractivity contribution in [3.05, 3.63) is 29.3 Å². The standard InChI is InChI=1S/C10H12O3S/c1-13-10(12)8-5-7(6-11)3-4-9(8)14-2/h3-5,11H,6H2,1-2H3. The molecule has 3 nitrogen and oxygen atoms in total. The normalized spacial score (nSPS) is 9.93. The molecule has 0 radical (unpaired) electrons. The van der Waals surface area contributed by atoms with Gasteiger partial charge in [-0.3, -0.25) is 0 Å². The summed E-state index contributed by atoms with van der Waals surface area (Å²) < 4.78 is 4.64. The summed E-state index contributed by atoms with van der Waals surface area (Å²) in [6, 6.07) is 5.25. The van der Waals surface area contributed by atoms with Crippen molar-refractivity contribution in [1.29, 1.82) is 0 Å². The Bertz CT molecular complexity index is 336. The molecule has 0 aliphatic heterocycles. The summed E-state index contributed by atoms with van der Waals surface area (Å²) in [7, 11) is 1.35. The molecule has 1 aromatic rings. The first kappa shape index (κ1) is 11.1. The van der Waals surface area contributed by atoms with Crippen molar-refractivity contribution in [2.75, 3.05) is 13.4 Å². The van der Waals surface area contributed by atoms with Crippen LogP contribution in [0.4, 0.5) is 0 Å². The first-order valence-electron chi connectivity index (χ1n) is 4.09. The molecule has 0 aliphatic rings. The zero-order valence-corrected chi connectivity index (χ0v) is 8.93. The number of ether oxygens (including phenoxy) is 1. The van der Waals surface area contributed by atoms with Crippen LogP contribution in [-0.4, -0.2) is 24.4 Å². The average Bonchev–Trinajstić information content (AvgIpc) is 2.27. The summed E-state index contributed by atoms with van der Waals surface area (Å²) >= 11 is 1.48. The Balaban J connectivity index is 3.14. The Kier molecular flexibility index (Phi) is 3.98. The zero-order valence-electron chi connectivity index (χ0n) is 8.11. The predicted octanol–water partition coefficient (Wildman–Crippen LogP) is 1.69. The van der Waals surface area contributed by atoms with Gasteiger partial charge >= 0.3 is 5.97 Å². The third-order valence-corrected chi connectivity index (χ3v) is 2.65. The van der Waals surface area contributed by atoms with Gasteiger partial charge in [0.05, 0.1) is 19.3 Å². The number of aliphatic hydroxyl groups is 1. The van der Waals surface area contributed by atoms with Gasteiger partial charge < -0.3 is 9.84 Å². The molecule has 4 heteroatoms. The molecule has 0 spiro atoms. The van der Waals surface area contributed by atoms with Gasteiger partial charge in [0.1, 0.15) is 0 Å². The molecule has 76 valence electrons. The number of hydrogen-bond acceptors (Lipinski definition) is 4. The van der Waals surface area contributed by atoms with Crippen LogP contribution in [0.2, 0.25) is 0 Å². The first-order valence-corrected chi connectivity index (χ1v) is 5.31. The number of hydrogen-bond donors (Lipinski definition) is 1. The summed E-state index contributed by atoms with van der Waals surface area (Å²) in [4.78, 5) is 12.2. The Labute approximate surface area is 87.1 Å². The third-order valence-electron chi connectivity index (χ3n) is 1.85. The van der Waals surface area contributed by atoms with Crippen molar-refractivity contribution < 1.29 is 14.6 Å². The molecule has 0 aromatic heterocycles. The minimum absolute atomic E-state index is 0.0708. The van der Waals surface area contributed by atoms with Gasteiger partial charge in [0.15, 0.2) is 0 Å². The number of thioether (sulfide) groups is 1. The quantitative estimate of drug-likeness (QED) is 0.611. The number of rotatable bonds is 3.